The molecule has 0 saturated heterocycles. The highest BCUT2D eigenvalue weighted by atomic mass is 16.5. The van der Waals surface area contributed by atoms with Crippen LogP contribution >= 0.6 is 0 Å². The number of aliphatic carboxylic acids is 1. The number of carboxylic acid groups (broad SMARTS) is 1. The molecule has 1 aromatic carbocycles. The highest BCUT2D eigenvalue weighted by Gasteiger charge is 2.21. The molecule has 1 N–H and O–H groups in total. The largest absolute Gasteiger partial charge is 0.480 e. The molecule has 0 radical (unpaired) electrons. The van der Waals surface area contributed by atoms with E-state index in [-0.39, 0.29) is 30.9 Å². The predicted octanol–water partition coefficient (Wildman–Crippen LogP) is 0.617. The summed E-state index contributed by atoms with van der Waals surface area (Å²) in [5, 5.41) is 13.1. The average molecular weight is 345 g/mol. The fourth-order valence-corrected chi connectivity index (χ4v) is 2.23. The van der Waals surface area contributed by atoms with Crippen LogP contribution in [0.1, 0.15) is 16.1 Å². The van der Waals surface area contributed by atoms with E-state index >= 15 is 0 Å². The molecule has 8 nitrogen and oxygen atoms in total. The molecule has 0 saturated carbocycles. The number of amides is 1. The number of carboxylic acids is 1. The molecule has 1 heterocycles. The van der Waals surface area contributed by atoms with Crippen molar-refractivity contribution in [3.63, 3.8) is 0 Å². The SMILES string of the molecule is COCCn1nc(C(=O)N(CC(=O)O)Cc2ccccc2)ccc1=O. The molecule has 0 fully saturated rings. The normalized spacial score (nSPS) is 10.4. The van der Waals surface area contributed by atoms with Gasteiger partial charge in [0, 0.05) is 19.7 Å². The highest BCUT2D eigenvalue weighted by Crippen LogP contribution is 2.08. The zero-order valence-electron chi connectivity index (χ0n) is 13.8. The van der Waals surface area contributed by atoms with Crippen molar-refractivity contribution in [1.82, 2.24) is 14.7 Å². The predicted molar refractivity (Wildman–Crippen MR) is 89.2 cm³/mol. The Labute approximate surface area is 144 Å². The molecule has 2 aromatic rings. The monoisotopic (exact) mass is 345 g/mol. The number of carbonyl (C=O) groups excluding carboxylic acids is 1. The maximum Gasteiger partial charge on any atom is 0.323 e. The van der Waals surface area contributed by atoms with Gasteiger partial charge in [0.25, 0.3) is 11.5 Å². The van der Waals surface area contributed by atoms with Crippen LogP contribution in [-0.2, 0) is 22.6 Å². The highest BCUT2D eigenvalue weighted by molar-refractivity contribution is 5.93. The van der Waals surface area contributed by atoms with Crippen LogP contribution in [-0.4, -0.2) is 51.9 Å². The number of hydrogen-bond acceptors (Lipinski definition) is 5. The van der Waals surface area contributed by atoms with Gasteiger partial charge < -0.3 is 14.7 Å². The summed E-state index contributed by atoms with van der Waals surface area (Å²) in [5.41, 5.74) is 0.444. The van der Waals surface area contributed by atoms with Crippen molar-refractivity contribution in [1.29, 1.82) is 0 Å². The van der Waals surface area contributed by atoms with Gasteiger partial charge in [-0.05, 0) is 11.6 Å². The summed E-state index contributed by atoms with van der Waals surface area (Å²) < 4.78 is 6.03. The van der Waals surface area contributed by atoms with Crippen LogP contribution in [0.15, 0.2) is 47.3 Å². The molecule has 1 amide bonds. The van der Waals surface area contributed by atoms with Gasteiger partial charge in [-0.3, -0.25) is 14.4 Å². The molecular weight excluding hydrogens is 326 g/mol. The van der Waals surface area contributed by atoms with Crippen LogP contribution in [0.3, 0.4) is 0 Å². The third-order valence-corrected chi connectivity index (χ3v) is 3.42. The number of carbonyl (C=O) groups is 2. The summed E-state index contributed by atoms with van der Waals surface area (Å²) in [6, 6.07) is 11.6. The van der Waals surface area contributed by atoms with Crippen LogP contribution in [0.25, 0.3) is 0 Å². The Kier molecular flexibility index (Phi) is 6.41. The Morgan fingerprint density at radius 2 is 1.92 bits per heavy atom. The van der Waals surface area contributed by atoms with E-state index in [2.05, 4.69) is 5.10 Å². The molecule has 0 aliphatic heterocycles. The molecular formula is C17H19N3O5. The summed E-state index contributed by atoms with van der Waals surface area (Å²) in [4.78, 5) is 36.7. The quantitative estimate of drug-likeness (QED) is 0.752. The van der Waals surface area contributed by atoms with Gasteiger partial charge in [-0.25, -0.2) is 4.68 Å². The summed E-state index contributed by atoms with van der Waals surface area (Å²) in [6.45, 7) is 0.138. The minimum atomic E-state index is -1.13. The lowest BCUT2D eigenvalue weighted by Crippen LogP contribution is -2.37. The van der Waals surface area contributed by atoms with Gasteiger partial charge in [0.15, 0.2) is 0 Å². The number of ether oxygens (including phenoxy) is 1. The van der Waals surface area contributed by atoms with Crippen LogP contribution in [0.4, 0.5) is 0 Å². The van der Waals surface area contributed by atoms with Crippen molar-refractivity contribution in [3.8, 4) is 0 Å². The lowest BCUT2D eigenvalue weighted by Gasteiger charge is -2.20. The van der Waals surface area contributed by atoms with Crippen molar-refractivity contribution >= 4 is 11.9 Å². The van der Waals surface area contributed by atoms with E-state index in [0.717, 1.165) is 10.2 Å². The minimum absolute atomic E-state index is 0.00730. The number of methoxy groups -OCH3 is 1. The lowest BCUT2D eigenvalue weighted by molar-refractivity contribution is -0.137. The first-order chi connectivity index (χ1) is 12.0. The maximum atomic E-state index is 12.7. The molecule has 8 heteroatoms. The molecule has 0 spiro atoms. The van der Waals surface area contributed by atoms with Gasteiger partial charge in [0.05, 0.1) is 13.2 Å². The number of aromatic nitrogens is 2. The second-order valence-electron chi connectivity index (χ2n) is 5.31. The topological polar surface area (TPSA) is 102 Å². The van der Waals surface area contributed by atoms with Crippen LogP contribution in [0.5, 0.6) is 0 Å². The van der Waals surface area contributed by atoms with Crippen LogP contribution in [0.2, 0.25) is 0 Å². The molecule has 0 aliphatic carbocycles. The van der Waals surface area contributed by atoms with Gasteiger partial charge >= 0.3 is 5.97 Å². The molecule has 0 bridgehead atoms. The zero-order chi connectivity index (χ0) is 18.2. The Morgan fingerprint density at radius 1 is 1.20 bits per heavy atom. The average Bonchev–Trinajstić information content (AvgIpc) is 2.60. The number of benzene rings is 1. The molecule has 25 heavy (non-hydrogen) atoms. The van der Waals surface area contributed by atoms with E-state index in [0.29, 0.717) is 0 Å². The Balaban J connectivity index is 2.26. The summed E-state index contributed by atoms with van der Waals surface area (Å²) >= 11 is 0. The van der Waals surface area contributed by atoms with Crippen LogP contribution < -0.4 is 5.56 Å². The van der Waals surface area contributed by atoms with Gasteiger partial charge in [-0.2, -0.15) is 5.10 Å². The first-order valence-corrected chi connectivity index (χ1v) is 7.63. The Morgan fingerprint density at radius 3 is 2.56 bits per heavy atom. The fourth-order valence-electron chi connectivity index (χ4n) is 2.23. The van der Waals surface area contributed by atoms with Gasteiger partial charge in [-0.15, -0.1) is 0 Å². The van der Waals surface area contributed by atoms with E-state index < -0.39 is 18.4 Å². The number of nitrogens with zero attached hydrogens (tertiary/aromatic N) is 3. The third kappa shape index (κ3) is 5.25. The summed E-state index contributed by atoms with van der Waals surface area (Å²) in [6.07, 6.45) is 0. The van der Waals surface area contributed by atoms with Gasteiger partial charge in [0.1, 0.15) is 12.2 Å². The number of hydrogen-bond donors (Lipinski definition) is 1. The van der Waals surface area contributed by atoms with Crippen LogP contribution in [0, 0.1) is 0 Å². The van der Waals surface area contributed by atoms with E-state index in [4.69, 9.17) is 9.84 Å². The second-order valence-corrected chi connectivity index (χ2v) is 5.31. The lowest BCUT2D eigenvalue weighted by atomic mass is 10.2. The second kappa shape index (κ2) is 8.74. The minimum Gasteiger partial charge on any atom is -0.480 e. The van der Waals surface area contributed by atoms with Crippen molar-refractivity contribution in [2.45, 2.75) is 13.1 Å². The smallest absolute Gasteiger partial charge is 0.323 e. The van der Waals surface area contributed by atoms with E-state index in [1.165, 1.54) is 24.1 Å². The summed E-state index contributed by atoms with van der Waals surface area (Å²) in [5.74, 6) is -1.69. The van der Waals surface area contributed by atoms with E-state index in [1.54, 1.807) is 12.1 Å². The van der Waals surface area contributed by atoms with Crippen molar-refractivity contribution in [2.75, 3.05) is 20.3 Å². The molecule has 132 valence electrons. The van der Waals surface area contributed by atoms with Crippen molar-refractivity contribution in [3.05, 3.63) is 64.1 Å². The third-order valence-electron chi connectivity index (χ3n) is 3.42. The van der Waals surface area contributed by atoms with Gasteiger partial charge in [0.2, 0.25) is 0 Å². The molecule has 0 atom stereocenters. The maximum absolute atomic E-state index is 12.7. The Hall–Kier alpha value is -3.00. The molecule has 0 unspecified atom stereocenters. The number of rotatable bonds is 8. The molecule has 0 aliphatic rings. The first-order valence-electron chi connectivity index (χ1n) is 7.63. The standard InChI is InChI=1S/C17H19N3O5/c1-25-10-9-20-15(21)8-7-14(18-20)17(24)19(12-16(22)23)11-13-5-3-2-4-6-13/h2-8H,9-12H2,1H3,(H,22,23). The molecule has 2 rings (SSSR count). The Bertz CT molecular complexity index is 788. The van der Waals surface area contributed by atoms with Gasteiger partial charge in [-0.1, -0.05) is 30.3 Å². The first kappa shape index (κ1) is 18.3. The van der Waals surface area contributed by atoms with Crippen molar-refractivity contribution < 1.29 is 19.4 Å². The fraction of sp³-hybridized carbons (Fsp3) is 0.294. The molecule has 1 aromatic heterocycles. The summed E-state index contributed by atoms with van der Waals surface area (Å²) in [7, 11) is 1.49. The zero-order valence-corrected chi connectivity index (χ0v) is 13.8. The van der Waals surface area contributed by atoms with E-state index in [9.17, 15) is 14.4 Å². The van der Waals surface area contributed by atoms with Crippen molar-refractivity contribution in [2.24, 2.45) is 0 Å². The van der Waals surface area contributed by atoms with E-state index in [1.807, 2.05) is 18.2 Å².